The van der Waals surface area contributed by atoms with Crippen LogP contribution in [0.4, 0.5) is 0 Å². The average Bonchev–Trinajstić information content (AvgIpc) is 2.64. The predicted molar refractivity (Wildman–Crippen MR) is 45.9 cm³/mol. The number of rotatable bonds is 1. The van der Waals surface area contributed by atoms with Gasteiger partial charge in [0.1, 0.15) is 0 Å². The smallest absolute Gasteiger partial charge is 0.401 e. The maximum atomic E-state index is 5.28. The second-order valence-electron chi connectivity index (χ2n) is 2.70. The van der Waals surface area contributed by atoms with Crippen LogP contribution in [0, 0.1) is 0 Å². The van der Waals surface area contributed by atoms with Crippen molar-refractivity contribution in [2.45, 2.75) is 6.92 Å². The zero-order valence-electron chi connectivity index (χ0n) is 6.83. The maximum Gasteiger partial charge on any atom is 0.401 e. The van der Waals surface area contributed by atoms with Crippen molar-refractivity contribution in [2.24, 2.45) is 0 Å². The lowest BCUT2D eigenvalue weighted by molar-refractivity contribution is -0.168. The van der Waals surface area contributed by atoms with Crippen molar-refractivity contribution in [3.63, 3.8) is 0 Å². The van der Waals surface area contributed by atoms with E-state index in [0.717, 1.165) is 22.7 Å². The number of hydrogen-bond acceptors (Lipinski definition) is 1. The molecule has 2 rings (SSSR count). The summed E-state index contributed by atoms with van der Waals surface area (Å²) in [5.74, 6) is 1.45. The molecule has 0 bridgehead atoms. The van der Waals surface area contributed by atoms with E-state index in [-0.39, 0.29) is 0 Å². The van der Waals surface area contributed by atoms with Crippen LogP contribution in [0.5, 0.6) is 0 Å². The third-order valence-electron chi connectivity index (χ3n) is 1.85. The molecule has 0 atom stereocenters. The van der Waals surface area contributed by atoms with Gasteiger partial charge >= 0.3 is 12.0 Å². The molecule has 0 N–H and O–H groups in total. The van der Waals surface area contributed by atoms with Gasteiger partial charge in [-0.3, -0.25) is 0 Å². The molecule has 0 saturated heterocycles. The van der Waals surface area contributed by atoms with Gasteiger partial charge in [-0.25, -0.2) is 4.42 Å². The minimum absolute atomic E-state index is 0.720. The van der Waals surface area contributed by atoms with Crippen LogP contribution in [0.25, 0.3) is 0 Å². The monoisotopic (exact) mass is 161 g/mol. The molecule has 2 heteroatoms. The van der Waals surface area contributed by atoms with Crippen LogP contribution >= 0.6 is 0 Å². The van der Waals surface area contributed by atoms with Gasteiger partial charge in [-0.1, -0.05) is 6.58 Å². The van der Waals surface area contributed by atoms with Gasteiger partial charge in [0, 0.05) is 0 Å². The molecule has 12 heavy (non-hydrogen) atoms. The molecule has 0 aliphatic carbocycles. The molecule has 0 aromatic carbocycles. The van der Waals surface area contributed by atoms with Crippen molar-refractivity contribution in [3.8, 4) is 0 Å². The Labute approximate surface area is 70.5 Å². The zero-order valence-corrected chi connectivity index (χ0v) is 6.83. The van der Waals surface area contributed by atoms with Gasteiger partial charge in [0.15, 0.2) is 0 Å². The van der Waals surface area contributed by atoms with E-state index in [4.69, 9.17) is 8.84 Å². The molecular weight excluding hydrogens is 152 g/mol. The highest BCUT2D eigenvalue weighted by Crippen LogP contribution is 2.20. The summed E-state index contributed by atoms with van der Waals surface area (Å²) in [7, 11) is 0. The van der Waals surface area contributed by atoms with Crippen LogP contribution in [-0.4, -0.2) is 5.78 Å². The molecule has 2 nitrogen and oxygen atoms in total. The molecule has 1 aliphatic rings. The molecule has 1 aliphatic heterocycles. The van der Waals surface area contributed by atoms with Crippen LogP contribution < -0.4 is 0 Å². The van der Waals surface area contributed by atoms with Crippen molar-refractivity contribution in [3.05, 3.63) is 48.1 Å². The Morgan fingerprint density at radius 3 is 2.83 bits per heavy atom. The van der Waals surface area contributed by atoms with Gasteiger partial charge in [0.25, 0.3) is 0 Å². The fraction of sp³-hybridized carbons (Fsp3) is 0.100. The van der Waals surface area contributed by atoms with Crippen molar-refractivity contribution in [1.82, 2.24) is 0 Å². The average molecular weight is 161 g/mol. The first-order chi connectivity index (χ1) is 5.79. The van der Waals surface area contributed by atoms with E-state index < -0.39 is 0 Å². The summed E-state index contributed by atoms with van der Waals surface area (Å²) in [5, 5.41) is 0. The van der Waals surface area contributed by atoms with E-state index in [2.05, 4.69) is 6.58 Å². The van der Waals surface area contributed by atoms with Gasteiger partial charge in [0.2, 0.25) is 5.76 Å². The number of allylic oxidation sites excluding steroid dienone is 2. The maximum absolute atomic E-state index is 5.28. The molecule has 0 fully saturated rings. The summed E-state index contributed by atoms with van der Waals surface area (Å²) in [5.41, 5.74) is 1.94. The Morgan fingerprint density at radius 1 is 1.50 bits per heavy atom. The van der Waals surface area contributed by atoms with Crippen molar-refractivity contribution >= 4 is 5.78 Å². The molecule has 1 aromatic rings. The van der Waals surface area contributed by atoms with Crippen molar-refractivity contribution < 1.29 is 8.84 Å². The van der Waals surface area contributed by atoms with Gasteiger partial charge < -0.3 is 4.42 Å². The number of hydrogen-bond donors (Lipinski definition) is 0. The summed E-state index contributed by atoms with van der Waals surface area (Å²) in [6, 6.07) is 3.68. The predicted octanol–water partition coefficient (Wildman–Crippen LogP) is 2.47. The van der Waals surface area contributed by atoms with E-state index in [1.807, 2.05) is 19.1 Å². The summed E-state index contributed by atoms with van der Waals surface area (Å²) in [4.78, 5) is 0. The minimum atomic E-state index is 0.720. The third-order valence-corrected chi connectivity index (χ3v) is 1.85. The van der Waals surface area contributed by atoms with Crippen LogP contribution in [0.1, 0.15) is 17.1 Å². The van der Waals surface area contributed by atoms with Crippen LogP contribution in [0.3, 0.4) is 0 Å². The first-order valence-electron chi connectivity index (χ1n) is 3.73. The topological polar surface area (TPSA) is 24.4 Å². The quantitative estimate of drug-likeness (QED) is 0.458. The van der Waals surface area contributed by atoms with E-state index in [1.165, 1.54) is 0 Å². The Morgan fingerprint density at radius 2 is 2.33 bits per heavy atom. The molecule has 2 heterocycles. The van der Waals surface area contributed by atoms with Crippen LogP contribution in [0.15, 0.2) is 46.8 Å². The summed E-state index contributed by atoms with van der Waals surface area (Å²) in [6.45, 7) is 5.84. The van der Waals surface area contributed by atoms with Gasteiger partial charge in [0.05, 0.1) is 17.4 Å². The fourth-order valence-electron chi connectivity index (χ4n) is 1.08. The normalized spacial score (nSPS) is 16.2. The first kappa shape index (κ1) is 7.10. The molecular formula is C10H9O2+. The van der Waals surface area contributed by atoms with E-state index in [9.17, 15) is 0 Å². The van der Waals surface area contributed by atoms with Crippen molar-refractivity contribution in [1.29, 1.82) is 0 Å². The van der Waals surface area contributed by atoms with E-state index in [1.54, 1.807) is 12.5 Å². The lowest BCUT2D eigenvalue weighted by atomic mass is 10.1. The lowest BCUT2D eigenvalue weighted by Crippen LogP contribution is -1.98. The number of furan rings is 1. The molecule has 0 radical (unpaired) electrons. The van der Waals surface area contributed by atoms with Gasteiger partial charge in [-0.05, 0) is 19.1 Å². The van der Waals surface area contributed by atoms with Gasteiger partial charge in [-0.2, -0.15) is 0 Å². The van der Waals surface area contributed by atoms with E-state index >= 15 is 0 Å². The molecule has 1 aromatic heterocycles. The Bertz CT molecular complexity index is 367. The van der Waals surface area contributed by atoms with Crippen molar-refractivity contribution in [2.75, 3.05) is 0 Å². The number of ketones is 1. The molecule has 0 amide bonds. The zero-order chi connectivity index (χ0) is 8.55. The molecule has 0 unspecified atom stereocenters. The fourth-order valence-corrected chi connectivity index (χ4v) is 1.08. The minimum Gasteiger partial charge on any atom is -0.455 e. The SMILES string of the molecule is C=C1C(C)=C[O+]=C1c1ccco1. The molecule has 60 valence electrons. The Kier molecular flexibility index (Phi) is 1.47. The van der Waals surface area contributed by atoms with Crippen LogP contribution in [-0.2, 0) is 0 Å². The Balaban J connectivity index is 2.37. The summed E-state index contributed by atoms with van der Waals surface area (Å²) >= 11 is 0. The van der Waals surface area contributed by atoms with Gasteiger partial charge in [-0.15, -0.1) is 0 Å². The summed E-state index contributed by atoms with van der Waals surface area (Å²) in [6.07, 6.45) is 3.30. The largest absolute Gasteiger partial charge is 0.455 e. The highest BCUT2D eigenvalue weighted by Gasteiger charge is 2.29. The lowest BCUT2D eigenvalue weighted by Gasteiger charge is -1.87. The highest BCUT2D eigenvalue weighted by molar-refractivity contribution is 6.10. The molecule has 0 saturated carbocycles. The van der Waals surface area contributed by atoms with Crippen LogP contribution in [0.2, 0.25) is 0 Å². The summed E-state index contributed by atoms with van der Waals surface area (Å²) < 4.78 is 10.5. The first-order valence-corrected chi connectivity index (χ1v) is 3.73. The van der Waals surface area contributed by atoms with E-state index in [0.29, 0.717) is 0 Å². The molecule has 0 spiro atoms. The standard InChI is InChI=1S/C10H9O2/c1-7-6-12-10(8(7)2)9-4-3-5-11-9/h3-6H,2H2,1H3/q+1. The Hall–Kier alpha value is -1.57. The number of carbonyl (C=O) groups excluding carboxylic acids is 1. The second kappa shape index (κ2) is 2.48. The highest BCUT2D eigenvalue weighted by atomic mass is 16.4. The third kappa shape index (κ3) is 0.925. The second-order valence-corrected chi connectivity index (χ2v) is 2.70.